The van der Waals surface area contributed by atoms with E-state index in [1.165, 1.54) is 38.3 Å². The van der Waals surface area contributed by atoms with E-state index in [9.17, 15) is 35.9 Å². The lowest BCUT2D eigenvalue weighted by molar-refractivity contribution is -0.265. The summed E-state index contributed by atoms with van der Waals surface area (Å²) in [6, 6.07) is 9.98. The number of carbonyl (C=O) groups is 1. The van der Waals surface area contributed by atoms with Gasteiger partial charge in [-0.3, -0.25) is 9.78 Å². The highest BCUT2D eigenvalue weighted by atomic mass is 32.2. The van der Waals surface area contributed by atoms with E-state index in [1.807, 2.05) is 0 Å². The third kappa shape index (κ3) is 6.15. The fourth-order valence-electron chi connectivity index (χ4n) is 5.15. The molecule has 0 radical (unpaired) electrons. The van der Waals surface area contributed by atoms with Gasteiger partial charge in [-0.2, -0.15) is 13.2 Å². The van der Waals surface area contributed by atoms with Crippen LogP contribution < -0.4 is 19.5 Å². The number of alkyl halides is 3. The molecule has 45 heavy (non-hydrogen) atoms. The molecule has 0 bridgehead atoms. The maximum Gasteiger partial charge on any atom is 0.424 e. The lowest BCUT2D eigenvalue weighted by atomic mass is 9.89. The van der Waals surface area contributed by atoms with Crippen molar-refractivity contribution in [2.45, 2.75) is 31.2 Å². The number of aliphatic hydroxyl groups is 1. The molecule has 0 spiro atoms. The summed E-state index contributed by atoms with van der Waals surface area (Å²) in [5.41, 5.74) is -5.21. The number of methoxy groups -OCH3 is 1. The molecule has 1 amide bonds. The number of halogens is 4. The number of amides is 1. The van der Waals surface area contributed by atoms with Crippen LogP contribution in [0.3, 0.4) is 0 Å². The largest absolute Gasteiger partial charge is 0.494 e. The van der Waals surface area contributed by atoms with E-state index in [1.54, 1.807) is 19.2 Å². The van der Waals surface area contributed by atoms with Crippen molar-refractivity contribution >= 4 is 26.8 Å². The van der Waals surface area contributed by atoms with Crippen LogP contribution in [0.25, 0.3) is 22.2 Å². The third-order valence-corrected chi connectivity index (χ3v) is 8.19. The number of aryl methyl sites for hydroxylation is 1. The fourth-order valence-corrected chi connectivity index (χ4v) is 6.14. The van der Waals surface area contributed by atoms with Crippen LogP contribution in [-0.4, -0.2) is 62.1 Å². The average molecular weight is 649 g/mol. The number of hydrogen-bond acceptors (Lipinski definition) is 8. The van der Waals surface area contributed by atoms with Crippen molar-refractivity contribution in [3.63, 3.8) is 0 Å². The fraction of sp³-hybridized carbons (Fsp3) is 0.300. The molecule has 1 aliphatic heterocycles. The van der Waals surface area contributed by atoms with Crippen LogP contribution in [0, 0.1) is 12.7 Å². The highest BCUT2D eigenvalue weighted by Crippen LogP contribution is 2.47. The molecule has 4 aromatic rings. The zero-order valence-corrected chi connectivity index (χ0v) is 25.2. The van der Waals surface area contributed by atoms with Crippen molar-refractivity contribution in [2.24, 2.45) is 0 Å². The minimum atomic E-state index is -5.39. The van der Waals surface area contributed by atoms with E-state index >= 15 is 0 Å². The normalized spacial score (nSPS) is 17.8. The van der Waals surface area contributed by atoms with Gasteiger partial charge >= 0.3 is 6.18 Å². The molecule has 2 aromatic heterocycles. The van der Waals surface area contributed by atoms with Gasteiger partial charge in [0.1, 0.15) is 29.4 Å². The van der Waals surface area contributed by atoms with Crippen LogP contribution in [0.15, 0.2) is 54.7 Å². The highest BCUT2D eigenvalue weighted by molar-refractivity contribution is 7.88. The molecule has 238 valence electrons. The Bertz CT molecular complexity index is 1920. The number of benzene rings is 2. The Balaban J connectivity index is 1.60. The molecule has 0 saturated heterocycles. The number of pyridine rings is 2. The quantitative estimate of drug-likeness (QED) is 0.243. The molecular weight excluding hydrogens is 620 g/mol. The van der Waals surface area contributed by atoms with Gasteiger partial charge in [-0.05, 0) is 67.9 Å². The summed E-state index contributed by atoms with van der Waals surface area (Å²) in [6.45, 7) is 1.50. The van der Waals surface area contributed by atoms with Gasteiger partial charge in [0.05, 0.1) is 31.1 Å². The van der Waals surface area contributed by atoms with Crippen molar-refractivity contribution < 1.29 is 45.4 Å². The number of sulfonamides is 1. The summed E-state index contributed by atoms with van der Waals surface area (Å²) in [4.78, 5) is 21.6. The zero-order valence-electron chi connectivity index (χ0n) is 24.4. The number of hydrogen-bond donors (Lipinski definition) is 3. The van der Waals surface area contributed by atoms with Crippen LogP contribution in [-0.2, 0) is 21.2 Å². The minimum absolute atomic E-state index is 0.0478. The number of nitrogens with one attached hydrogen (secondary N) is 2. The topological polar surface area (TPSA) is 140 Å². The van der Waals surface area contributed by atoms with Crippen LogP contribution in [0.4, 0.5) is 17.6 Å². The molecule has 0 aliphatic carbocycles. The maximum absolute atomic E-state index is 14.8. The predicted octanol–water partition coefficient (Wildman–Crippen LogP) is 4.09. The van der Waals surface area contributed by atoms with Gasteiger partial charge in [0.15, 0.2) is 5.75 Å². The third-order valence-electron chi connectivity index (χ3n) is 7.37. The highest BCUT2D eigenvalue weighted by Gasteiger charge is 2.57. The molecule has 3 heterocycles. The van der Waals surface area contributed by atoms with E-state index in [2.05, 4.69) is 20.0 Å². The standard InChI is InChI=1S/C30H28F4N4O6S/c1-16-9-18-10-19(11-22(43-3)24(18)35-13-16)27(39)36-14-29(40,30(32,33)34)23-12-21-26(44-15-28(21,2)38-45(4,41)42)25(37-23)17-5-7-20(31)8-6-17/h5-13,38,40H,14-15H2,1-4H3,(H,36,39)/t28-,29-/m0/s1. The second kappa shape index (κ2) is 11.2. The van der Waals surface area contributed by atoms with Crippen molar-refractivity contribution in [3.05, 3.63) is 82.9 Å². The molecule has 10 nitrogen and oxygen atoms in total. The molecule has 0 saturated carbocycles. The van der Waals surface area contributed by atoms with Gasteiger partial charge in [-0.15, -0.1) is 0 Å². The van der Waals surface area contributed by atoms with E-state index in [0.717, 1.165) is 30.0 Å². The first kappa shape index (κ1) is 32.1. The molecule has 5 rings (SSSR count). The Morgan fingerprint density at radius 1 is 1.16 bits per heavy atom. The van der Waals surface area contributed by atoms with Crippen molar-refractivity contribution in [2.75, 3.05) is 26.5 Å². The van der Waals surface area contributed by atoms with Gasteiger partial charge in [-0.25, -0.2) is 22.5 Å². The van der Waals surface area contributed by atoms with Gasteiger partial charge in [-0.1, -0.05) is 0 Å². The van der Waals surface area contributed by atoms with E-state index < -0.39 is 51.3 Å². The molecule has 0 unspecified atom stereocenters. The number of ether oxygens (including phenoxy) is 2. The first-order valence-electron chi connectivity index (χ1n) is 13.4. The zero-order chi connectivity index (χ0) is 32.9. The Morgan fingerprint density at radius 2 is 1.84 bits per heavy atom. The second-order valence-corrected chi connectivity index (χ2v) is 12.8. The number of carbonyl (C=O) groups excluding carboxylic acids is 1. The van der Waals surface area contributed by atoms with Gasteiger partial charge in [0, 0.05) is 28.3 Å². The Labute approximate surface area is 255 Å². The van der Waals surface area contributed by atoms with Crippen LogP contribution >= 0.6 is 0 Å². The molecule has 15 heteroatoms. The van der Waals surface area contributed by atoms with E-state index in [0.29, 0.717) is 10.9 Å². The monoisotopic (exact) mass is 648 g/mol. The van der Waals surface area contributed by atoms with Crippen molar-refractivity contribution in [1.29, 1.82) is 0 Å². The molecule has 2 atom stereocenters. The summed E-state index contributed by atoms with van der Waals surface area (Å²) in [6.07, 6.45) is -2.91. The van der Waals surface area contributed by atoms with Gasteiger partial charge in [0.2, 0.25) is 15.6 Å². The summed E-state index contributed by atoms with van der Waals surface area (Å²) in [5.74, 6) is -1.41. The maximum atomic E-state index is 14.8. The molecule has 0 fully saturated rings. The number of nitrogens with zero attached hydrogens (tertiary/aromatic N) is 2. The van der Waals surface area contributed by atoms with E-state index in [4.69, 9.17) is 9.47 Å². The summed E-state index contributed by atoms with van der Waals surface area (Å²) >= 11 is 0. The van der Waals surface area contributed by atoms with Gasteiger partial charge in [0.25, 0.3) is 5.91 Å². The number of rotatable bonds is 8. The molecule has 1 aliphatic rings. The molecule has 3 N–H and O–H groups in total. The lowest BCUT2D eigenvalue weighted by Crippen LogP contribution is -2.52. The van der Waals surface area contributed by atoms with E-state index in [-0.39, 0.29) is 40.5 Å². The second-order valence-electron chi connectivity index (χ2n) is 11.0. The summed E-state index contributed by atoms with van der Waals surface area (Å²) < 4.78 is 95.7. The Morgan fingerprint density at radius 3 is 2.47 bits per heavy atom. The minimum Gasteiger partial charge on any atom is -0.494 e. The molecule has 2 aromatic carbocycles. The van der Waals surface area contributed by atoms with Gasteiger partial charge < -0.3 is 19.9 Å². The lowest BCUT2D eigenvalue weighted by Gasteiger charge is -2.32. The van der Waals surface area contributed by atoms with Crippen LogP contribution in [0.5, 0.6) is 11.5 Å². The SMILES string of the molecule is COc1cc(C(=O)NC[C@](O)(c2cc3c(c(-c4ccc(F)cc4)n2)OC[C@]3(C)NS(C)(=O)=O)C(F)(F)F)cc2cc(C)cnc12. The number of aromatic nitrogens is 2. The van der Waals surface area contributed by atoms with Crippen LogP contribution in [0.2, 0.25) is 0 Å². The summed E-state index contributed by atoms with van der Waals surface area (Å²) in [7, 11) is -2.55. The van der Waals surface area contributed by atoms with Crippen molar-refractivity contribution in [3.8, 4) is 22.8 Å². The molecular formula is C30H28F4N4O6S. The summed E-state index contributed by atoms with van der Waals surface area (Å²) in [5, 5.41) is 14.0. The smallest absolute Gasteiger partial charge is 0.424 e. The first-order chi connectivity index (χ1) is 20.9. The Kier molecular flexibility index (Phi) is 8.00. The number of fused-ring (bicyclic) bond motifs is 2. The van der Waals surface area contributed by atoms with Crippen LogP contribution in [0.1, 0.15) is 34.1 Å². The predicted molar refractivity (Wildman–Crippen MR) is 156 cm³/mol. The Hall–Kier alpha value is -4.34. The van der Waals surface area contributed by atoms with Crippen molar-refractivity contribution in [1.82, 2.24) is 20.0 Å². The average Bonchev–Trinajstić information content (AvgIpc) is 3.28. The first-order valence-corrected chi connectivity index (χ1v) is 15.3.